The summed E-state index contributed by atoms with van der Waals surface area (Å²) in [7, 11) is 0. The van der Waals surface area contributed by atoms with Crippen LogP contribution in [0, 0.1) is 0 Å². The molecule has 0 bridgehead atoms. The predicted molar refractivity (Wildman–Crippen MR) is 113 cm³/mol. The maximum Gasteiger partial charge on any atom is 0.234 e. The van der Waals surface area contributed by atoms with E-state index in [2.05, 4.69) is 32.5 Å². The van der Waals surface area contributed by atoms with E-state index in [9.17, 15) is 13.9 Å². The van der Waals surface area contributed by atoms with Crippen molar-refractivity contribution in [3.8, 4) is 0 Å². The number of imidazole rings is 1. The number of nitrogens with one attached hydrogen (secondary N) is 2. The van der Waals surface area contributed by atoms with Gasteiger partial charge in [0.1, 0.15) is 0 Å². The molecule has 12 heteroatoms. The fourth-order valence-electron chi connectivity index (χ4n) is 4.04. The highest BCUT2D eigenvalue weighted by Crippen LogP contribution is 2.25. The van der Waals surface area contributed by atoms with Crippen molar-refractivity contribution in [3.63, 3.8) is 0 Å². The van der Waals surface area contributed by atoms with Gasteiger partial charge in [-0.15, -0.1) is 0 Å². The Morgan fingerprint density at radius 1 is 1.40 bits per heavy atom. The van der Waals surface area contributed by atoms with Gasteiger partial charge in [-0.05, 0) is 25.7 Å². The quantitative estimate of drug-likeness (QED) is 0.418. The summed E-state index contributed by atoms with van der Waals surface area (Å²) in [6.07, 6.45) is 5.21. The molecule has 0 aromatic carbocycles. The van der Waals surface area contributed by atoms with Crippen LogP contribution in [0.5, 0.6) is 0 Å². The number of hydrogen-bond donors (Lipinski definition) is 4. The molecule has 2 saturated heterocycles. The number of aromatic nitrogens is 4. The second-order valence-electron chi connectivity index (χ2n) is 7.74. The van der Waals surface area contributed by atoms with Gasteiger partial charge in [-0.3, -0.25) is 4.55 Å². The van der Waals surface area contributed by atoms with Crippen LogP contribution in [0.2, 0.25) is 0 Å². The van der Waals surface area contributed by atoms with Crippen LogP contribution < -0.4 is 10.6 Å². The molecule has 2 aromatic heterocycles. The first-order chi connectivity index (χ1) is 14.6. The van der Waals surface area contributed by atoms with E-state index in [1.165, 1.54) is 4.31 Å². The predicted octanol–water partition coefficient (Wildman–Crippen LogP) is 0.811. The maximum absolute atomic E-state index is 11.3. The Morgan fingerprint density at radius 3 is 2.93 bits per heavy atom. The van der Waals surface area contributed by atoms with E-state index in [-0.39, 0.29) is 24.8 Å². The maximum atomic E-state index is 11.3. The number of rotatable bonds is 9. The molecule has 0 radical (unpaired) electrons. The highest BCUT2D eigenvalue weighted by molar-refractivity contribution is 7.76. The zero-order chi connectivity index (χ0) is 21.1. The molecule has 4 rings (SSSR count). The fourth-order valence-corrected chi connectivity index (χ4v) is 4.61. The molecule has 2 aromatic rings. The minimum atomic E-state index is -1.97. The lowest BCUT2D eigenvalue weighted by molar-refractivity contribution is 0.0755. The minimum Gasteiger partial charge on any atom is -0.394 e. The number of aliphatic hydroxyl groups excluding tert-OH is 1. The Labute approximate surface area is 177 Å². The number of fused-ring (bicyclic) bond motifs is 1. The zero-order valence-corrected chi connectivity index (χ0v) is 17.8. The summed E-state index contributed by atoms with van der Waals surface area (Å²) in [4.78, 5) is 13.8. The summed E-state index contributed by atoms with van der Waals surface area (Å²) in [5.74, 6) is 0.981. The van der Waals surface area contributed by atoms with Crippen LogP contribution in [-0.2, 0) is 22.5 Å². The largest absolute Gasteiger partial charge is 0.394 e. The fraction of sp³-hybridized carbons (Fsp3) is 0.722. The highest BCUT2D eigenvalue weighted by Gasteiger charge is 2.29. The van der Waals surface area contributed by atoms with E-state index in [1.807, 2.05) is 4.57 Å². The van der Waals surface area contributed by atoms with Crippen molar-refractivity contribution in [2.75, 3.05) is 36.9 Å². The monoisotopic (exact) mass is 439 g/mol. The second kappa shape index (κ2) is 9.52. The SMILES string of the molecule is CCCn1cnc2c(NC3CCN(S(=O)O)C3)nc(NC(CO)C3CCCO3)nc21. The number of aryl methyl sites for hydroxylation is 1. The van der Waals surface area contributed by atoms with Gasteiger partial charge in [-0.2, -0.15) is 14.3 Å². The van der Waals surface area contributed by atoms with Crippen LogP contribution in [0.3, 0.4) is 0 Å². The average Bonchev–Trinajstić information content (AvgIpc) is 3.48. The van der Waals surface area contributed by atoms with E-state index in [1.54, 1.807) is 6.33 Å². The van der Waals surface area contributed by atoms with Crippen LogP contribution in [0.25, 0.3) is 11.2 Å². The molecule has 0 saturated carbocycles. The average molecular weight is 440 g/mol. The first-order valence-electron chi connectivity index (χ1n) is 10.4. The number of anilines is 2. The summed E-state index contributed by atoms with van der Waals surface area (Å²) in [5, 5.41) is 16.5. The van der Waals surface area contributed by atoms with Crippen LogP contribution in [0.1, 0.15) is 32.6 Å². The zero-order valence-electron chi connectivity index (χ0n) is 17.0. The van der Waals surface area contributed by atoms with Gasteiger partial charge in [0.25, 0.3) is 0 Å². The molecular weight excluding hydrogens is 410 g/mol. The number of aliphatic hydroxyl groups is 1. The van der Waals surface area contributed by atoms with Gasteiger partial charge >= 0.3 is 0 Å². The van der Waals surface area contributed by atoms with Crippen LogP contribution in [0.4, 0.5) is 11.8 Å². The Kier molecular flexibility index (Phi) is 6.78. The molecule has 4 atom stereocenters. The molecular formula is C18H29N7O4S. The first-order valence-corrected chi connectivity index (χ1v) is 11.5. The molecule has 4 heterocycles. The van der Waals surface area contributed by atoms with Gasteiger partial charge in [-0.25, -0.2) is 9.19 Å². The molecule has 11 nitrogen and oxygen atoms in total. The Bertz CT molecular complexity index is 889. The van der Waals surface area contributed by atoms with Crippen molar-refractivity contribution in [2.45, 2.75) is 57.3 Å². The molecule has 2 fully saturated rings. The van der Waals surface area contributed by atoms with Gasteiger partial charge in [0.2, 0.25) is 17.2 Å². The Hall–Kier alpha value is -1.86. The summed E-state index contributed by atoms with van der Waals surface area (Å²) >= 11 is -1.97. The topological polar surface area (TPSA) is 138 Å². The van der Waals surface area contributed by atoms with Crippen molar-refractivity contribution < 1.29 is 18.6 Å². The van der Waals surface area contributed by atoms with Crippen LogP contribution in [0.15, 0.2) is 6.33 Å². The lowest BCUT2D eigenvalue weighted by Crippen LogP contribution is -2.37. The minimum absolute atomic E-state index is 0.0184. The van der Waals surface area contributed by atoms with Crippen molar-refractivity contribution in [2.24, 2.45) is 0 Å². The third kappa shape index (κ3) is 4.57. The van der Waals surface area contributed by atoms with Crippen LogP contribution >= 0.6 is 0 Å². The van der Waals surface area contributed by atoms with Gasteiger partial charge in [0.05, 0.1) is 25.1 Å². The van der Waals surface area contributed by atoms with Crippen molar-refractivity contribution >= 4 is 34.2 Å². The van der Waals surface area contributed by atoms with E-state index in [0.29, 0.717) is 42.6 Å². The summed E-state index contributed by atoms with van der Waals surface area (Å²) in [6.45, 7) is 4.47. The molecule has 4 unspecified atom stereocenters. The molecule has 2 aliphatic heterocycles. The standard InChI is InChI=1S/C18H29N7O4S/c1-2-6-24-11-19-15-16(20-12-5-7-25(9-12)30(27)28)22-18(23-17(15)24)21-13(10-26)14-4-3-8-29-14/h11-14,26H,2-10H2,1H3,(H,27,28)(H2,20,21,22,23). The van der Waals surface area contributed by atoms with Crippen molar-refractivity contribution in [1.29, 1.82) is 0 Å². The lowest BCUT2D eigenvalue weighted by atomic mass is 10.1. The van der Waals surface area contributed by atoms with E-state index in [0.717, 1.165) is 32.2 Å². The molecule has 0 spiro atoms. The Morgan fingerprint density at radius 2 is 2.27 bits per heavy atom. The van der Waals surface area contributed by atoms with Crippen LogP contribution in [-0.4, -0.2) is 82.2 Å². The van der Waals surface area contributed by atoms with E-state index < -0.39 is 11.3 Å². The molecule has 4 N–H and O–H groups in total. The molecule has 0 aliphatic carbocycles. The van der Waals surface area contributed by atoms with E-state index >= 15 is 0 Å². The normalized spacial score (nSPS) is 24.4. The highest BCUT2D eigenvalue weighted by atomic mass is 32.2. The van der Waals surface area contributed by atoms with Gasteiger partial charge in [-0.1, -0.05) is 6.92 Å². The molecule has 2 aliphatic rings. The summed E-state index contributed by atoms with van der Waals surface area (Å²) in [6, 6.07) is -0.311. The number of hydrogen-bond acceptors (Lipinski definition) is 8. The lowest BCUT2D eigenvalue weighted by Gasteiger charge is -2.22. The van der Waals surface area contributed by atoms with E-state index in [4.69, 9.17) is 4.74 Å². The van der Waals surface area contributed by atoms with Crippen molar-refractivity contribution in [1.82, 2.24) is 23.8 Å². The summed E-state index contributed by atoms with van der Waals surface area (Å²) in [5.41, 5.74) is 1.37. The van der Waals surface area contributed by atoms with Crippen molar-refractivity contribution in [3.05, 3.63) is 6.33 Å². The second-order valence-corrected chi connectivity index (χ2v) is 8.72. The van der Waals surface area contributed by atoms with Gasteiger partial charge in [0.15, 0.2) is 17.0 Å². The number of ether oxygens (including phenoxy) is 1. The smallest absolute Gasteiger partial charge is 0.234 e. The number of nitrogens with zero attached hydrogens (tertiary/aromatic N) is 5. The molecule has 30 heavy (non-hydrogen) atoms. The first kappa shape index (κ1) is 21.4. The Balaban J connectivity index is 1.61. The summed E-state index contributed by atoms with van der Waals surface area (Å²) < 4.78 is 29.9. The van der Waals surface area contributed by atoms with Gasteiger partial charge in [0, 0.05) is 32.3 Å². The third-order valence-electron chi connectivity index (χ3n) is 5.57. The third-order valence-corrected chi connectivity index (χ3v) is 6.34. The molecule has 0 amide bonds. The van der Waals surface area contributed by atoms with Gasteiger partial charge < -0.3 is 25.0 Å². The molecule has 166 valence electrons.